The second-order valence-corrected chi connectivity index (χ2v) is 5.33. The lowest BCUT2D eigenvalue weighted by Crippen LogP contribution is -2.45. The summed E-state index contributed by atoms with van der Waals surface area (Å²) in [5, 5.41) is 5.41. The predicted molar refractivity (Wildman–Crippen MR) is 82.2 cm³/mol. The van der Waals surface area contributed by atoms with Crippen LogP contribution in [0.1, 0.15) is 31.1 Å². The smallest absolute Gasteiger partial charge is 0.252 e. The second-order valence-electron chi connectivity index (χ2n) is 5.33. The number of hydrogen-bond donors (Lipinski definition) is 3. The van der Waals surface area contributed by atoms with Gasteiger partial charge < -0.3 is 21.1 Å². The minimum atomic E-state index is -0.622. The molecule has 0 heterocycles. The highest BCUT2D eigenvalue weighted by Crippen LogP contribution is 2.18. The molecule has 0 aliphatic rings. The van der Waals surface area contributed by atoms with E-state index in [0.29, 0.717) is 29.5 Å². The number of nitrogen functional groups attached to an aromatic ring is 1. The van der Waals surface area contributed by atoms with Gasteiger partial charge in [0.1, 0.15) is 11.8 Å². The fraction of sp³-hybridized carbons (Fsp3) is 0.467. The third kappa shape index (κ3) is 5.33. The van der Waals surface area contributed by atoms with Crippen LogP contribution in [0.2, 0.25) is 0 Å². The lowest BCUT2D eigenvalue weighted by Gasteiger charge is -2.15. The van der Waals surface area contributed by atoms with Gasteiger partial charge in [0.15, 0.2) is 0 Å². The van der Waals surface area contributed by atoms with Crippen LogP contribution in [0.5, 0.6) is 5.75 Å². The van der Waals surface area contributed by atoms with Gasteiger partial charge in [-0.2, -0.15) is 0 Å². The number of amides is 2. The maximum Gasteiger partial charge on any atom is 0.252 e. The highest BCUT2D eigenvalue weighted by atomic mass is 16.5. The minimum Gasteiger partial charge on any atom is -0.497 e. The van der Waals surface area contributed by atoms with E-state index in [1.165, 1.54) is 13.2 Å². The standard InChI is InChI=1S/C15H23N3O3/c1-9(2)8-17-14(19)10(3)18-15(20)11-5-12(16)7-13(6-11)21-4/h5-7,9-10H,8,16H2,1-4H3,(H,17,19)(H,18,20). The SMILES string of the molecule is COc1cc(N)cc(C(=O)NC(C)C(=O)NCC(C)C)c1. The quantitative estimate of drug-likeness (QED) is 0.686. The highest BCUT2D eigenvalue weighted by Gasteiger charge is 2.17. The van der Waals surface area contributed by atoms with Crippen molar-refractivity contribution in [1.82, 2.24) is 10.6 Å². The zero-order valence-electron chi connectivity index (χ0n) is 12.9. The summed E-state index contributed by atoms with van der Waals surface area (Å²) in [6, 6.07) is 4.11. The van der Waals surface area contributed by atoms with Gasteiger partial charge in [0.2, 0.25) is 5.91 Å². The number of rotatable bonds is 6. The van der Waals surface area contributed by atoms with Crippen LogP contribution in [0.15, 0.2) is 18.2 Å². The number of methoxy groups -OCH3 is 1. The number of ether oxygens (including phenoxy) is 1. The molecule has 0 radical (unpaired) electrons. The van der Waals surface area contributed by atoms with E-state index in [0.717, 1.165) is 0 Å². The van der Waals surface area contributed by atoms with E-state index in [-0.39, 0.29) is 11.8 Å². The van der Waals surface area contributed by atoms with Crippen molar-refractivity contribution in [2.24, 2.45) is 5.92 Å². The average molecular weight is 293 g/mol. The molecule has 6 heteroatoms. The van der Waals surface area contributed by atoms with Crippen LogP contribution in [0.4, 0.5) is 5.69 Å². The van der Waals surface area contributed by atoms with E-state index in [2.05, 4.69) is 10.6 Å². The van der Waals surface area contributed by atoms with Crippen LogP contribution in [-0.4, -0.2) is 31.5 Å². The molecule has 0 aromatic heterocycles. The normalized spacial score (nSPS) is 11.9. The van der Waals surface area contributed by atoms with E-state index < -0.39 is 6.04 Å². The summed E-state index contributed by atoms with van der Waals surface area (Å²) in [6.07, 6.45) is 0. The van der Waals surface area contributed by atoms with Crippen molar-refractivity contribution in [3.63, 3.8) is 0 Å². The molecule has 0 aliphatic carbocycles. The molecule has 1 aromatic rings. The van der Waals surface area contributed by atoms with Crippen LogP contribution < -0.4 is 21.1 Å². The first-order valence-electron chi connectivity index (χ1n) is 6.86. The largest absolute Gasteiger partial charge is 0.497 e. The van der Waals surface area contributed by atoms with Gasteiger partial charge in [0.25, 0.3) is 5.91 Å². The number of hydrogen-bond acceptors (Lipinski definition) is 4. The Kier molecular flexibility index (Phi) is 6.02. The molecule has 21 heavy (non-hydrogen) atoms. The number of nitrogens with two attached hydrogens (primary N) is 1. The zero-order valence-corrected chi connectivity index (χ0v) is 12.9. The Bertz CT molecular complexity index is 515. The van der Waals surface area contributed by atoms with Gasteiger partial charge >= 0.3 is 0 Å². The van der Waals surface area contributed by atoms with Crippen molar-refractivity contribution in [2.45, 2.75) is 26.8 Å². The Morgan fingerprint density at radius 2 is 1.90 bits per heavy atom. The lowest BCUT2D eigenvalue weighted by atomic mass is 10.1. The van der Waals surface area contributed by atoms with Crippen LogP contribution >= 0.6 is 0 Å². The maximum atomic E-state index is 12.1. The third-order valence-electron chi connectivity index (χ3n) is 2.85. The molecule has 1 rings (SSSR count). The van der Waals surface area contributed by atoms with E-state index >= 15 is 0 Å². The Morgan fingerprint density at radius 3 is 2.48 bits per heavy atom. The predicted octanol–water partition coefficient (Wildman–Crippen LogP) is 1.17. The maximum absolute atomic E-state index is 12.1. The fourth-order valence-corrected chi connectivity index (χ4v) is 1.67. The molecule has 2 amide bonds. The van der Waals surface area contributed by atoms with E-state index in [1.54, 1.807) is 19.1 Å². The Labute approximate surface area is 125 Å². The van der Waals surface area contributed by atoms with Gasteiger partial charge in [0, 0.05) is 23.9 Å². The summed E-state index contributed by atoms with van der Waals surface area (Å²) in [5.74, 6) is 0.271. The lowest BCUT2D eigenvalue weighted by molar-refractivity contribution is -0.122. The fourth-order valence-electron chi connectivity index (χ4n) is 1.67. The van der Waals surface area contributed by atoms with Crippen LogP contribution in [0.25, 0.3) is 0 Å². The number of benzene rings is 1. The molecule has 1 unspecified atom stereocenters. The first-order valence-corrected chi connectivity index (χ1v) is 6.86. The van der Waals surface area contributed by atoms with Gasteiger partial charge in [-0.1, -0.05) is 13.8 Å². The molecule has 116 valence electrons. The molecule has 0 aliphatic heterocycles. The van der Waals surface area contributed by atoms with Gasteiger partial charge in [0.05, 0.1) is 7.11 Å². The summed E-state index contributed by atoms with van der Waals surface area (Å²) in [6.45, 7) is 6.22. The molecular weight excluding hydrogens is 270 g/mol. The molecule has 0 saturated heterocycles. The monoisotopic (exact) mass is 293 g/mol. The molecule has 1 atom stereocenters. The number of carbonyl (C=O) groups excluding carboxylic acids is 2. The molecule has 6 nitrogen and oxygen atoms in total. The Balaban J connectivity index is 2.68. The number of carbonyl (C=O) groups is 2. The first kappa shape index (κ1) is 16.8. The van der Waals surface area contributed by atoms with Crippen LogP contribution in [0, 0.1) is 5.92 Å². The van der Waals surface area contributed by atoms with Crippen molar-refractivity contribution < 1.29 is 14.3 Å². The minimum absolute atomic E-state index is 0.215. The molecule has 0 bridgehead atoms. The van der Waals surface area contributed by atoms with Crippen molar-refractivity contribution in [2.75, 3.05) is 19.4 Å². The van der Waals surface area contributed by atoms with Gasteiger partial charge in [-0.3, -0.25) is 9.59 Å². The van der Waals surface area contributed by atoms with Crippen LogP contribution in [0.3, 0.4) is 0 Å². The summed E-state index contributed by atoms with van der Waals surface area (Å²) in [4.78, 5) is 23.9. The van der Waals surface area contributed by atoms with Crippen molar-refractivity contribution in [3.8, 4) is 5.75 Å². The molecule has 0 fully saturated rings. The topological polar surface area (TPSA) is 93.4 Å². The zero-order chi connectivity index (χ0) is 16.0. The van der Waals surface area contributed by atoms with Crippen LogP contribution in [-0.2, 0) is 4.79 Å². The summed E-state index contributed by atoms with van der Waals surface area (Å²) in [5.41, 5.74) is 6.49. The summed E-state index contributed by atoms with van der Waals surface area (Å²) >= 11 is 0. The summed E-state index contributed by atoms with van der Waals surface area (Å²) in [7, 11) is 1.50. The first-order chi connectivity index (χ1) is 9.83. The van der Waals surface area contributed by atoms with E-state index in [1.807, 2.05) is 13.8 Å². The Hall–Kier alpha value is -2.24. The highest BCUT2D eigenvalue weighted by molar-refractivity contribution is 5.98. The number of nitrogens with one attached hydrogen (secondary N) is 2. The third-order valence-corrected chi connectivity index (χ3v) is 2.85. The number of anilines is 1. The molecular formula is C15H23N3O3. The second kappa shape index (κ2) is 7.52. The van der Waals surface area contributed by atoms with Gasteiger partial charge in [-0.05, 0) is 25.0 Å². The van der Waals surface area contributed by atoms with Crippen molar-refractivity contribution >= 4 is 17.5 Å². The van der Waals surface area contributed by atoms with E-state index in [4.69, 9.17) is 10.5 Å². The summed E-state index contributed by atoms with van der Waals surface area (Å²) < 4.78 is 5.06. The average Bonchev–Trinajstić information content (AvgIpc) is 2.43. The molecule has 0 spiro atoms. The molecule has 4 N–H and O–H groups in total. The van der Waals surface area contributed by atoms with Gasteiger partial charge in [-0.25, -0.2) is 0 Å². The van der Waals surface area contributed by atoms with Crippen molar-refractivity contribution in [1.29, 1.82) is 0 Å². The Morgan fingerprint density at radius 1 is 1.24 bits per heavy atom. The van der Waals surface area contributed by atoms with Gasteiger partial charge in [-0.15, -0.1) is 0 Å². The van der Waals surface area contributed by atoms with E-state index in [9.17, 15) is 9.59 Å². The molecule has 0 saturated carbocycles. The molecule has 1 aromatic carbocycles. The van der Waals surface area contributed by atoms with Crippen molar-refractivity contribution in [3.05, 3.63) is 23.8 Å².